The monoisotopic (exact) mass is 414 g/mol. The van der Waals surface area contributed by atoms with E-state index >= 15 is 0 Å². The van der Waals surface area contributed by atoms with Crippen molar-refractivity contribution in [3.63, 3.8) is 0 Å². The Morgan fingerprint density at radius 3 is 2.33 bits per heavy atom. The van der Waals surface area contributed by atoms with Crippen LogP contribution in [-0.4, -0.2) is 25.1 Å². The van der Waals surface area contributed by atoms with E-state index in [2.05, 4.69) is 14.8 Å². The second-order valence-corrected chi connectivity index (χ2v) is 7.74. The van der Waals surface area contributed by atoms with Gasteiger partial charge in [-0.15, -0.1) is 10.2 Å². The van der Waals surface area contributed by atoms with Crippen LogP contribution in [0, 0.1) is 0 Å². The number of thioether (sulfide) groups is 1. The van der Waals surface area contributed by atoms with Crippen LogP contribution in [0.15, 0.2) is 99.3 Å². The van der Waals surface area contributed by atoms with Crippen LogP contribution >= 0.6 is 11.8 Å². The lowest BCUT2D eigenvalue weighted by molar-refractivity contribution is 0.514. The van der Waals surface area contributed by atoms with Crippen molar-refractivity contribution < 1.29 is 4.42 Å². The number of benzene rings is 3. The van der Waals surface area contributed by atoms with Gasteiger partial charge in [0.1, 0.15) is 0 Å². The fraction of sp³-hybridized carbons (Fsp3) is 0.0870. The number of oxazole rings is 1. The zero-order chi connectivity index (χ0) is 20.3. The third-order valence-corrected chi connectivity index (χ3v) is 5.71. The summed E-state index contributed by atoms with van der Waals surface area (Å²) in [5.74, 6) is 1.10. The Hall–Kier alpha value is -3.58. The average molecular weight is 414 g/mol. The highest BCUT2D eigenvalue weighted by Crippen LogP contribution is 2.28. The molecule has 0 atom stereocenters. The van der Waals surface area contributed by atoms with Crippen molar-refractivity contribution in [3.8, 4) is 17.1 Å². The van der Waals surface area contributed by atoms with Gasteiger partial charge in [0.2, 0.25) is 0 Å². The van der Waals surface area contributed by atoms with E-state index in [4.69, 9.17) is 4.42 Å². The molecule has 0 saturated carbocycles. The van der Waals surface area contributed by atoms with E-state index in [0.29, 0.717) is 17.9 Å². The van der Waals surface area contributed by atoms with Crippen molar-refractivity contribution in [1.29, 1.82) is 0 Å². The summed E-state index contributed by atoms with van der Waals surface area (Å²) in [7, 11) is 0. The van der Waals surface area contributed by atoms with E-state index in [1.165, 1.54) is 0 Å². The summed E-state index contributed by atoms with van der Waals surface area (Å²) in [5, 5.41) is 9.67. The topological polar surface area (TPSA) is 65.8 Å². The normalized spacial score (nSPS) is 11.2. The molecule has 148 valence electrons. The number of aromatic nitrogens is 4. The summed E-state index contributed by atoms with van der Waals surface area (Å²) in [6, 6.07) is 27.5. The first-order valence-electron chi connectivity index (χ1n) is 9.59. The number of hydrogen-bond acceptors (Lipinski definition) is 5. The molecule has 0 unspecified atom stereocenters. The predicted octanol–water partition coefficient (Wildman–Crippen LogP) is 4.63. The summed E-state index contributed by atoms with van der Waals surface area (Å²) in [5.41, 5.74) is 3.40. The lowest BCUT2D eigenvalue weighted by Gasteiger charge is -2.10. The highest BCUT2D eigenvalue weighted by Gasteiger charge is 2.16. The molecule has 0 aliphatic heterocycles. The van der Waals surface area contributed by atoms with Crippen LogP contribution in [0.25, 0.3) is 28.2 Å². The molecule has 7 heteroatoms. The van der Waals surface area contributed by atoms with Gasteiger partial charge in [-0.1, -0.05) is 72.4 Å². The molecule has 0 amide bonds. The molecule has 3 aromatic carbocycles. The van der Waals surface area contributed by atoms with Gasteiger partial charge in [0, 0.05) is 23.5 Å². The average Bonchev–Trinajstić information content (AvgIpc) is 3.36. The zero-order valence-electron chi connectivity index (χ0n) is 16.0. The predicted molar refractivity (Wildman–Crippen MR) is 118 cm³/mol. The van der Waals surface area contributed by atoms with E-state index < -0.39 is 0 Å². The molecule has 2 heterocycles. The minimum atomic E-state index is -0.341. The Labute approximate surface area is 176 Å². The minimum Gasteiger partial charge on any atom is -0.408 e. The lowest BCUT2D eigenvalue weighted by atomic mass is 10.2. The van der Waals surface area contributed by atoms with Gasteiger partial charge in [0.25, 0.3) is 0 Å². The number of nitrogens with zero attached hydrogens (tertiary/aromatic N) is 4. The third kappa shape index (κ3) is 3.44. The summed E-state index contributed by atoms with van der Waals surface area (Å²) in [6.45, 7) is 0.517. The van der Waals surface area contributed by atoms with E-state index in [-0.39, 0.29) is 5.76 Å². The molecule has 0 aliphatic carbocycles. The zero-order valence-corrected chi connectivity index (χ0v) is 16.8. The summed E-state index contributed by atoms with van der Waals surface area (Å²) in [4.78, 5) is 12.2. The fourth-order valence-electron chi connectivity index (χ4n) is 3.40. The van der Waals surface area contributed by atoms with Crippen LogP contribution in [0.5, 0.6) is 0 Å². The highest BCUT2D eigenvalue weighted by atomic mass is 32.2. The molecule has 2 aromatic heterocycles. The lowest BCUT2D eigenvalue weighted by Crippen LogP contribution is -2.15. The molecular weight excluding hydrogens is 396 g/mol. The quantitative estimate of drug-likeness (QED) is 0.379. The Morgan fingerprint density at radius 2 is 1.53 bits per heavy atom. The molecule has 0 bridgehead atoms. The van der Waals surface area contributed by atoms with Crippen LogP contribution in [0.1, 0.15) is 0 Å². The molecule has 0 saturated heterocycles. The minimum absolute atomic E-state index is 0.341. The molecule has 5 aromatic rings. The first-order chi connectivity index (χ1) is 14.8. The van der Waals surface area contributed by atoms with Crippen molar-refractivity contribution in [2.75, 3.05) is 5.75 Å². The molecule has 0 N–H and O–H groups in total. The van der Waals surface area contributed by atoms with Crippen molar-refractivity contribution in [2.45, 2.75) is 11.7 Å². The Bertz CT molecular complexity index is 1340. The number of rotatable bonds is 6. The van der Waals surface area contributed by atoms with Crippen molar-refractivity contribution in [3.05, 3.63) is 95.5 Å². The van der Waals surface area contributed by atoms with Crippen LogP contribution in [0.2, 0.25) is 0 Å². The van der Waals surface area contributed by atoms with Gasteiger partial charge >= 0.3 is 5.76 Å². The first-order valence-corrected chi connectivity index (χ1v) is 10.6. The maximum absolute atomic E-state index is 12.2. The summed E-state index contributed by atoms with van der Waals surface area (Å²) in [6.07, 6.45) is 0. The second kappa shape index (κ2) is 8.04. The van der Waals surface area contributed by atoms with E-state index in [0.717, 1.165) is 27.7 Å². The SMILES string of the molecule is O=c1oc2ccccc2n1CCSc1nnc(-c2ccccc2)n1-c1ccccc1. The first kappa shape index (κ1) is 18.4. The van der Waals surface area contributed by atoms with Crippen LogP contribution in [0.4, 0.5) is 0 Å². The number of aryl methyl sites for hydroxylation is 1. The fourth-order valence-corrected chi connectivity index (χ4v) is 4.28. The standard InChI is InChI=1S/C23H18N4O2S/c28-23-26(19-13-7-8-14-20(19)29-23)15-16-30-22-25-24-21(17-9-3-1-4-10-17)27(22)18-11-5-2-6-12-18/h1-14H,15-16H2. The molecule has 6 nitrogen and oxygen atoms in total. The van der Waals surface area contributed by atoms with Gasteiger partial charge < -0.3 is 4.42 Å². The van der Waals surface area contributed by atoms with Crippen molar-refractivity contribution >= 4 is 22.9 Å². The van der Waals surface area contributed by atoms with Gasteiger partial charge in [-0.2, -0.15) is 0 Å². The third-order valence-electron chi connectivity index (χ3n) is 4.80. The van der Waals surface area contributed by atoms with Crippen molar-refractivity contribution in [2.24, 2.45) is 0 Å². The number of hydrogen-bond donors (Lipinski definition) is 0. The number of para-hydroxylation sites is 3. The smallest absolute Gasteiger partial charge is 0.408 e. The van der Waals surface area contributed by atoms with Gasteiger partial charge in [-0.3, -0.25) is 9.13 Å². The molecule has 0 fully saturated rings. The summed E-state index contributed by atoms with van der Waals surface area (Å²) >= 11 is 1.56. The van der Waals surface area contributed by atoms with E-state index in [1.54, 1.807) is 22.4 Å². The number of fused-ring (bicyclic) bond motifs is 1. The van der Waals surface area contributed by atoms with Gasteiger partial charge in [-0.05, 0) is 24.3 Å². The van der Waals surface area contributed by atoms with Crippen LogP contribution in [-0.2, 0) is 6.54 Å². The molecular formula is C23H18N4O2S. The Kier molecular flexibility index (Phi) is 4.94. The summed E-state index contributed by atoms with van der Waals surface area (Å²) < 4.78 is 9.03. The molecule has 5 rings (SSSR count). The molecule has 0 spiro atoms. The van der Waals surface area contributed by atoms with Crippen molar-refractivity contribution in [1.82, 2.24) is 19.3 Å². The van der Waals surface area contributed by atoms with Crippen LogP contribution < -0.4 is 5.76 Å². The molecule has 30 heavy (non-hydrogen) atoms. The van der Waals surface area contributed by atoms with Gasteiger partial charge in [0.05, 0.1) is 5.52 Å². The molecule has 0 radical (unpaired) electrons. The largest absolute Gasteiger partial charge is 0.419 e. The Balaban J connectivity index is 1.45. The van der Waals surface area contributed by atoms with E-state index in [1.807, 2.05) is 78.9 Å². The van der Waals surface area contributed by atoms with E-state index in [9.17, 15) is 4.79 Å². The maximum atomic E-state index is 12.2. The van der Waals surface area contributed by atoms with Crippen LogP contribution in [0.3, 0.4) is 0 Å². The molecule has 0 aliphatic rings. The highest BCUT2D eigenvalue weighted by molar-refractivity contribution is 7.99. The van der Waals surface area contributed by atoms with Gasteiger partial charge in [0.15, 0.2) is 16.6 Å². The Morgan fingerprint density at radius 1 is 0.833 bits per heavy atom. The maximum Gasteiger partial charge on any atom is 0.419 e. The second-order valence-electron chi connectivity index (χ2n) is 6.68. The van der Waals surface area contributed by atoms with Gasteiger partial charge in [-0.25, -0.2) is 4.79 Å².